The third-order valence-electron chi connectivity index (χ3n) is 4.96. The van der Waals surface area contributed by atoms with E-state index in [0.717, 1.165) is 12.1 Å². The first kappa shape index (κ1) is 22.7. The van der Waals surface area contributed by atoms with Crippen LogP contribution in [0, 0.1) is 17.6 Å². The number of ether oxygens (including phenoxy) is 2. The van der Waals surface area contributed by atoms with Gasteiger partial charge in [0.1, 0.15) is 11.1 Å². The minimum Gasteiger partial charge on any atom is -0.490 e. The number of benzene rings is 2. The van der Waals surface area contributed by atoms with Crippen LogP contribution in [-0.2, 0) is 14.6 Å². The van der Waals surface area contributed by atoms with Gasteiger partial charge in [0.15, 0.2) is 21.4 Å². The summed E-state index contributed by atoms with van der Waals surface area (Å²) in [6.45, 7) is 3.10. The Morgan fingerprint density at radius 2 is 1.90 bits per heavy atom. The van der Waals surface area contributed by atoms with Gasteiger partial charge in [0.05, 0.1) is 36.4 Å². The third-order valence-corrected chi connectivity index (χ3v) is 7.40. The number of hydrogen-bond donors (Lipinski definition) is 1. The number of aliphatic hydroxyl groups is 1. The zero-order valence-electron chi connectivity index (χ0n) is 15.9. The van der Waals surface area contributed by atoms with Crippen LogP contribution in [0.1, 0.15) is 17.2 Å². The van der Waals surface area contributed by atoms with Crippen molar-refractivity contribution in [1.29, 1.82) is 0 Å². The summed E-state index contributed by atoms with van der Waals surface area (Å²) in [5.41, 5.74) is -0.372. The van der Waals surface area contributed by atoms with E-state index in [1.54, 1.807) is 0 Å². The maximum atomic E-state index is 14.9. The van der Waals surface area contributed by atoms with E-state index in [0.29, 0.717) is 5.02 Å². The van der Waals surface area contributed by atoms with E-state index in [-0.39, 0.29) is 36.7 Å². The lowest BCUT2D eigenvalue weighted by atomic mass is 9.89. The normalized spacial score (nSPS) is 19.6. The first-order valence-corrected chi connectivity index (χ1v) is 11.2. The Labute approximate surface area is 178 Å². The molecule has 0 unspecified atom stereocenters. The van der Waals surface area contributed by atoms with Crippen molar-refractivity contribution in [2.45, 2.75) is 22.7 Å². The average molecular weight is 459 g/mol. The molecular weight excluding hydrogens is 438 g/mol. The number of rotatable bonds is 8. The van der Waals surface area contributed by atoms with Crippen LogP contribution in [-0.4, -0.2) is 39.4 Å². The predicted molar refractivity (Wildman–Crippen MR) is 108 cm³/mol. The SMILES string of the molecule is C=CC[C@H](OCCO)[C@@H]1COc2c(F)ccc(F)c2[C@H]1S(=O)(=O)c1ccc(Cl)cc1. The Bertz CT molecular complexity index is 1010. The second-order valence-electron chi connectivity index (χ2n) is 6.82. The smallest absolute Gasteiger partial charge is 0.186 e. The zero-order valence-corrected chi connectivity index (χ0v) is 17.5. The molecule has 0 saturated heterocycles. The van der Waals surface area contributed by atoms with Gasteiger partial charge in [-0.2, -0.15) is 0 Å². The molecule has 2 aromatic rings. The highest BCUT2D eigenvalue weighted by molar-refractivity contribution is 7.91. The lowest BCUT2D eigenvalue weighted by Crippen LogP contribution is -2.41. The molecule has 5 nitrogen and oxygen atoms in total. The van der Waals surface area contributed by atoms with Crippen molar-refractivity contribution in [3.63, 3.8) is 0 Å². The van der Waals surface area contributed by atoms with E-state index in [1.807, 2.05) is 0 Å². The van der Waals surface area contributed by atoms with Gasteiger partial charge in [-0.15, -0.1) is 6.58 Å². The Morgan fingerprint density at radius 1 is 1.23 bits per heavy atom. The zero-order chi connectivity index (χ0) is 21.9. The second-order valence-corrected chi connectivity index (χ2v) is 9.33. The van der Waals surface area contributed by atoms with Crippen molar-refractivity contribution < 1.29 is 31.8 Å². The molecule has 1 N–H and O–H groups in total. The molecule has 9 heteroatoms. The summed E-state index contributed by atoms with van der Waals surface area (Å²) in [6, 6.07) is 7.23. The van der Waals surface area contributed by atoms with Gasteiger partial charge in [0.2, 0.25) is 0 Å². The molecule has 0 amide bonds. The van der Waals surface area contributed by atoms with Gasteiger partial charge in [0.25, 0.3) is 0 Å². The highest BCUT2D eigenvalue weighted by Gasteiger charge is 2.47. The molecule has 3 atom stereocenters. The summed E-state index contributed by atoms with van der Waals surface area (Å²) < 4.78 is 67.5. The second kappa shape index (κ2) is 9.43. The predicted octanol–water partition coefficient (Wildman–Crippen LogP) is 4.10. The van der Waals surface area contributed by atoms with Crippen molar-refractivity contribution in [3.8, 4) is 5.75 Å². The Balaban J connectivity index is 2.19. The summed E-state index contributed by atoms with van der Waals surface area (Å²) in [5, 5.41) is 8.00. The van der Waals surface area contributed by atoms with Crippen LogP contribution < -0.4 is 4.74 Å². The van der Waals surface area contributed by atoms with E-state index in [2.05, 4.69) is 6.58 Å². The van der Waals surface area contributed by atoms with Gasteiger partial charge in [-0.25, -0.2) is 17.2 Å². The molecule has 3 rings (SSSR count). The molecule has 0 radical (unpaired) electrons. The minimum atomic E-state index is -4.19. The van der Waals surface area contributed by atoms with Gasteiger partial charge < -0.3 is 14.6 Å². The van der Waals surface area contributed by atoms with E-state index in [4.69, 9.17) is 26.2 Å². The van der Waals surface area contributed by atoms with Gasteiger partial charge in [0, 0.05) is 10.9 Å². The lowest BCUT2D eigenvalue weighted by molar-refractivity contribution is -0.0223. The largest absolute Gasteiger partial charge is 0.490 e. The summed E-state index contributed by atoms with van der Waals surface area (Å²) in [5.74, 6) is -3.04. The standard InChI is InChI=1S/C21H21ClF2O5S/c1-2-3-18(28-11-10-25)15-12-29-20-17(24)9-8-16(23)19(20)21(15)30(26,27)14-6-4-13(22)5-7-14/h2,4-9,15,18,21,25H,1,3,10-12H2/t15-,18-,21-/m0/s1. The fourth-order valence-corrected chi connectivity index (χ4v) is 5.81. The minimum absolute atomic E-state index is 0.0544. The molecule has 1 aliphatic rings. The fraction of sp³-hybridized carbons (Fsp3) is 0.333. The van der Waals surface area contributed by atoms with Crippen molar-refractivity contribution in [1.82, 2.24) is 0 Å². The van der Waals surface area contributed by atoms with Crippen molar-refractivity contribution in [3.05, 3.63) is 71.3 Å². The van der Waals surface area contributed by atoms with Crippen LogP contribution in [0.4, 0.5) is 8.78 Å². The Kier molecular flexibility index (Phi) is 7.13. The average Bonchev–Trinajstić information content (AvgIpc) is 2.73. The van der Waals surface area contributed by atoms with Gasteiger partial charge >= 0.3 is 0 Å². The molecule has 1 heterocycles. The van der Waals surface area contributed by atoms with Gasteiger partial charge in [-0.3, -0.25) is 0 Å². The Hall–Kier alpha value is -2.00. The van der Waals surface area contributed by atoms with Crippen molar-refractivity contribution in [2.75, 3.05) is 19.8 Å². The van der Waals surface area contributed by atoms with Gasteiger partial charge in [-0.1, -0.05) is 17.7 Å². The highest BCUT2D eigenvalue weighted by atomic mass is 35.5. The maximum Gasteiger partial charge on any atom is 0.186 e. The quantitative estimate of drug-likeness (QED) is 0.603. The van der Waals surface area contributed by atoms with Crippen molar-refractivity contribution >= 4 is 21.4 Å². The highest BCUT2D eigenvalue weighted by Crippen LogP contribution is 2.47. The third kappa shape index (κ3) is 4.37. The lowest BCUT2D eigenvalue weighted by Gasteiger charge is -2.37. The van der Waals surface area contributed by atoms with Crippen LogP contribution in [0.25, 0.3) is 0 Å². The summed E-state index contributed by atoms with van der Waals surface area (Å²) >= 11 is 5.87. The summed E-state index contributed by atoms with van der Waals surface area (Å²) in [6.07, 6.45) is 1.01. The molecule has 0 aromatic heterocycles. The molecule has 2 aromatic carbocycles. The molecular formula is C21H21ClF2O5S. The molecule has 0 spiro atoms. The van der Waals surface area contributed by atoms with E-state index < -0.39 is 44.5 Å². The maximum absolute atomic E-state index is 14.9. The topological polar surface area (TPSA) is 72.8 Å². The van der Waals surface area contributed by atoms with Crippen LogP contribution in [0.15, 0.2) is 53.9 Å². The van der Waals surface area contributed by atoms with Crippen LogP contribution >= 0.6 is 11.6 Å². The fourth-order valence-electron chi connectivity index (χ4n) is 3.63. The molecule has 162 valence electrons. The molecule has 1 aliphatic heterocycles. The molecule has 0 bridgehead atoms. The van der Waals surface area contributed by atoms with Crippen LogP contribution in [0.3, 0.4) is 0 Å². The van der Waals surface area contributed by atoms with E-state index in [9.17, 15) is 17.2 Å². The summed E-state index contributed by atoms with van der Waals surface area (Å²) in [7, 11) is -4.19. The van der Waals surface area contributed by atoms with E-state index in [1.165, 1.54) is 30.3 Å². The number of sulfone groups is 1. The van der Waals surface area contributed by atoms with E-state index >= 15 is 0 Å². The molecule has 30 heavy (non-hydrogen) atoms. The number of hydrogen-bond acceptors (Lipinski definition) is 5. The first-order chi connectivity index (χ1) is 14.3. The number of halogens is 3. The van der Waals surface area contributed by atoms with Crippen LogP contribution in [0.2, 0.25) is 5.02 Å². The number of aliphatic hydroxyl groups excluding tert-OH is 1. The molecule has 0 fully saturated rings. The monoisotopic (exact) mass is 458 g/mol. The molecule has 0 aliphatic carbocycles. The van der Waals surface area contributed by atoms with Gasteiger partial charge in [-0.05, 0) is 42.8 Å². The first-order valence-electron chi connectivity index (χ1n) is 9.24. The number of fused-ring (bicyclic) bond motifs is 1. The van der Waals surface area contributed by atoms with Crippen LogP contribution in [0.5, 0.6) is 5.75 Å². The Morgan fingerprint density at radius 3 is 2.53 bits per heavy atom. The van der Waals surface area contributed by atoms with Crippen molar-refractivity contribution in [2.24, 2.45) is 5.92 Å². The molecule has 0 saturated carbocycles. The summed E-state index contributed by atoms with van der Waals surface area (Å²) in [4.78, 5) is -0.0853.